The molecule has 0 aromatic carbocycles. The summed E-state index contributed by atoms with van der Waals surface area (Å²) < 4.78 is 0. The minimum absolute atomic E-state index is 0.0612. The van der Waals surface area contributed by atoms with Crippen molar-refractivity contribution in [1.82, 2.24) is 4.90 Å². The van der Waals surface area contributed by atoms with Crippen molar-refractivity contribution >= 4 is 11.8 Å². The highest BCUT2D eigenvalue weighted by Gasteiger charge is 2.42. The molecule has 16 heavy (non-hydrogen) atoms. The number of imide groups is 1. The standard InChI is InChI=1S/C12H21NO3/c1-4-10(5-6-14)7-13-11(15)8(2)9(3)12(13)16/h8-10,14H,4-7H2,1-3H3. The molecule has 0 spiro atoms. The number of hydrogen-bond donors (Lipinski definition) is 1. The van der Waals surface area contributed by atoms with Gasteiger partial charge in [-0.05, 0) is 12.3 Å². The third-order valence-corrected chi connectivity index (χ3v) is 3.62. The number of aliphatic hydroxyl groups excluding tert-OH is 1. The average Bonchev–Trinajstić information content (AvgIpc) is 2.46. The number of amides is 2. The van der Waals surface area contributed by atoms with E-state index in [1.54, 1.807) is 13.8 Å². The second-order valence-electron chi connectivity index (χ2n) is 4.65. The predicted molar refractivity (Wildman–Crippen MR) is 60.5 cm³/mol. The third-order valence-electron chi connectivity index (χ3n) is 3.62. The SMILES string of the molecule is CCC(CCO)CN1C(=O)C(C)C(C)C1=O. The number of carbonyl (C=O) groups is 2. The Balaban J connectivity index is 2.66. The van der Waals surface area contributed by atoms with E-state index in [0.29, 0.717) is 13.0 Å². The van der Waals surface area contributed by atoms with Crippen LogP contribution in [0.1, 0.15) is 33.6 Å². The van der Waals surface area contributed by atoms with Crippen molar-refractivity contribution in [2.75, 3.05) is 13.2 Å². The lowest BCUT2D eigenvalue weighted by Crippen LogP contribution is -2.35. The minimum atomic E-state index is -0.195. The van der Waals surface area contributed by atoms with Crippen LogP contribution < -0.4 is 0 Å². The Labute approximate surface area is 96.6 Å². The molecule has 1 N–H and O–H groups in total. The Morgan fingerprint density at radius 2 is 1.75 bits per heavy atom. The lowest BCUT2D eigenvalue weighted by atomic mass is 10.00. The highest BCUT2D eigenvalue weighted by molar-refractivity contribution is 6.04. The maximum absolute atomic E-state index is 11.8. The first kappa shape index (κ1) is 13.2. The van der Waals surface area contributed by atoms with Crippen LogP contribution >= 0.6 is 0 Å². The zero-order valence-electron chi connectivity index (χ0n) is 10.3. The van der Waals surface area contributed by atoms with Gasteiger partial charge in [0.05, 0.1) is 0 Å². The molecule has 1 aliphatic heterocycles. The Hall–Kier alpha value is -0.900. The summed E-state index contributed by atoms with van der Waals surface area (Å²) in [6.45, 7) is 6.19. The van der Waals surface area contributed by atoms with Gasteiger partial charge in [0, 0.05) is 25.0 Å². The van der Waals surface area contributed by atoms with Crippen LogP contribution in [0.2, 0.25) is 0 Å². The van der Waals surface area contributed by atoms with E-state index < -0.39 is 0 Å². The maximum atomic E-state index is 11.8. The Kier molecular flexibility index (Phi) is 4.47. The average molecular weight is 227 g/mol. The summed E-state index contributed by atoms with van der Waals surface area (Å²) in [5, 5.41) is 8.89. The smallest absolute Gasteiger partial charge is 0.232 e. The molecule has 0 aromatic rings. The lowest BCUT2D eigenvalue weighted by Gasteiger charge is -2.21. The predicted octanol–water partition coefficient (Wildman–Crippen LogP) is 1.04. The molecule has 1 fully saturated rings. The van der Waals surface area contributed by atoms with Crippen LogP contribution in [0, 0.1) is 17.8 Å². The van der Waals surface area contributed by atoms with Crippen LogP contribution in [0.25, 0.3) is 0 Å². The van der Waals surface area contributed by atoms with Crippen molar-refractivity contribution < 1.29 is 14.7 Å². The first-order chi connectivity index (χ1) is 7.52. The molecular weight excluding hydrogens is 206 g/mol. The van der Waals surface area contributed by atoms with E-state index in [1.807, 2.05) is 6.92 Å². The van der Waals surface area contributed by atoms with Gasteiger partial charge in [0.25, 0.3) is 0 Å². The molecule has 1 heterocycles. The fourth-order valence-corrected chi connectivity index (χ4v) is 2.07. The number of hydrogen-bond acceptors (Lipinski definition) is 3. The number of carbonyl (C=O) groups excluding carboxylic acids is 2. The van der Waals surface area contributed by atoms with E-state index in [9.17, 15) is 9.59 Å². The summed E-state index contributed by atoms with van der Waals surface area (Å²) in [6.07, 6.45) is 1.52. The zero-order valence-corrected chi connectivity index (χ0v) is 10.3. The van der Waals surface area contributed by atoms with Crippen molar-refractivity contribution in [3.8, 4) is 0 Å². The molecule has 1 aliphatic rings. The van der Waals surface area contributed by atoms with Gasteiger partial charge in [-0.15, -0.1) is 0 Å². The van der Waals surface area contributed by atoms with Gasteiger partial charge in [0.15, 0.2) is 0 Å². The quantitative estimate of drug-likeness (QED) is 0.714. The Morgan fingerprint density at radius 1 is 1.25 bits per heavy atom. The number of aliphatic hydroxyl groups is 1. The van der Waals surface area contributed by atoms with E-state index in [1.165, 1.54) is 4.90 Å². The van der Waals surface area contributed by atoms with Crippen LogP contribution in [-0.2, 0) is 9.59 Å². The number of nitrogens with zero attached hydrogens (tertiary/aromatic N) is 1. The summed E-state index contributed by atoms with van der Waals surface area (Å²) in [5.41, 5.74) is 0. The fraction of sp³-hybridized carbons (Fsp3) is 0.833. The molecule has 0 saturated carbocycles. The van der Waals surface area contributed by atoms with Crippen molar-refractivity contribution in [2.45, 2.75) is 33.6 Å². The van der Waals surface area contributed by atoms with Crippen LogP contribution in [0.3, 0.4) is 0 Å². The molecule has 0 aliphatic carbocycles. The van der Waals surface area contributed by atoms with Crippen molar-refractivity contribution in [2.24, 2.45) is 17.8 Å². The highest BCUT2D eigenvalue weighted by atomic mass is 16.3. The first-order valence-electron chi connectivity index (χ1n) is 5.99. The molecule has 0 radical (unpaired) electrons. The first-order valence-corrected chi connectivity index (χ1v) is 5.99. The van der Waals surface area contributed by atoms with E-state index >= 15 is 0 Å². The molecular formula is C12H21NO3. The molecule has 92 valence electrons. The van der Waals surface area contributed by atoms with Gasteiger partial charge in [0.1, 0.15) is 0 Å². The van der Waals surface area contributed by atoms with Crippen molar-refractivity contribution in [3.05, 3.63) is 0 Å². The van der Waals surface area contributed by atoms with Gasteiger partial charge < -0.3 is 5.11 Å². The van der Waals surface area contributed by atoms with E-state index in [0.717, 1.165) is 6.42 Å². The molecule has 3 atom stereocenters. The van der Waals surface area contributed by atoms with E-state index in [2.05, 4.69) is 0 Å². The number of rotatable bonds is 5. The topological polar surface area (TPSA) is 57.6 Å². The van der Waals surface area contributed by atoms with E-state index in [4.69, 9.17) is 5.11 Å². The minimum Gasteiger partial charge on any atom is -0.396 e. The number of likely N-dealkylation sites (tertiary alicyclic amines) is 1. The van der Waals surface area contributed by atoms with Gasteiger partial charge in [-0.3, -0.25) is 14.5 Å². The Morgan fingerprint density at radius 3 is 2.12 bits per heavy atom. The molecule has 1 rings (SSSR count). The van der Waals surface area contributed by atoms with Gasteiger partial charge >= 0.3 is 0 Å². The second kappa shape index (κ2) is 5.43. The van der Waals surface area contributed by atoms with Crippen LogP contribution in [-0.4, -0.2) is 35.0 Å². The third kappa shape index (κ3) is 2.43. The summed E-state index contributed by atoms with van der Waals surface area (Å²) in [6, 6.07) is 0. The monoisotopic (exact) mass is 227 g/mol. The summed E-state index contributed by atoms with van der Waals surface area (Å²) in [7, 11) is 0. The molecule has 4 nitrogen and oxygen atoms in total. The lowest BCUT2D eigenvalue weighted by molar-refractivity contribution is -0.140. The van der Waals surface area contributed by atoms with E-state index in [-0.39, 0.29) is 36.2 Å². The van der Waals surface area contributed by atoms with Gasteiger partial charge in [-0.25, -0.2) is 0 Å². The van der Waals surface area contributed by atoms with Gasteiger partial charge in [0.2, 0.25) is 11.8 Å². The van der Waals surface area contributed by atoms with Crippen molar-refractivity contribution in [1.29, 1.82) is 0 Å². The summed E-state index contributed by atoms with van der Waals surface area (Å²) >= 11 is 0. The summed E-state index contributed by atoms with van der Waals surface area (Å²) in [4.78, 5) is 25.0. The van der Waals surface area contributed by atoms with Crippen molar-refractivity contribution in [3.63, 3.8) is 0 Å². The second-order valence-corrected chi connectivity index (χ2v) is 4.65. The molecule has 0 aromatic heterocycles. The normalized spacial score (nSPS) is 27.6. The van der Waals surface area contributed by atoms with Crippen LogP contribution in [0.4, 0.5) is 0 Å². The zero-order chi connectivity index (χ0) is 12.3. The Bertz CT molecular complexity index is 257. The molecule has 0 bridgehead atoms. The molecule has 1 saturated heterocycles. The largest absolute Gasteiger partial charge is 0.396 e. The molecule has 4 heteroatoms. The van der Waals surface area contributed by atoms with Gasteiger partial charge in [-0.1, -0.05) is 27.2 Å². The fourth-order valence-electron chi connectivity index (χ4n) is 2.07. The van der Waals surface area contributed by atoms with Crippen LogP contribution in [0.5, 0.6) is 0 Å². The summed E-state index contributed by atoms with van der Waals surface area (Å²) in [5.74, 6) is -0.295. The molecule has 3 unspecified atom stereocenters. The molecule has 2 amide bonds. The highest BCUT2D eigenvalue weighted by Crippen LogP contribution is 2.26. The van der Waals surface area contributed by atoms with Gasteiger partial charge in [-0.2, -0.15) is 0 Å². The van der Waals surface area contributed by atoms with Crippen LogP contribution in [0.15, 0.2) is 0 Å². The maximum Gasteiger partial charge on any atom is 0.232 e.